The number of anilines is 4. The van der Waals surface area contributed by atoms with Gasteiger partial charge in [-0.15, -0.1) is 0 Å². The Morgan fingerprint density at radius 1 is 0.776 bits per heavy atom. The molecule has 12 heteroatoms. The molecule has 3 amide bonds. The highest BCUT2D eigenvalue weighted by Gasteiger charge is 2.18. The number of fused-ring (bicyclic) bond motifs is 1. The summed E-state index contributed by atoms with van der Waals surface area (Å²) in [6.07, 6.45) is 2.27. The van der Waals surface area contributed by atoms with Crippen molar-refractivity contribution >= 4 is 45.7 Å². The summed E-state index contributed by atoms with van der Waals surface area (Å²) < 4.78 is 14.0. The quantitative estimate of drug-likeness (QED) is 0.0859. The lowest BCUT2D eigenvalue weighted by atomic mass is 10.1. The number of pyridine rings is 1. The molecule has 12 nitrogen and oxygen atoms in total. The summed E-state index contributed by atoms with van der Waals surface area (Å²) in [5.41, 5.74) is 6.14. The van der Waals surface area contributed by atoms with E-state index in [-0.39, 0.29) is 5.91 Å². The molecule has 0 aliphatic carbocycles. The van der Waals surface area contributed by atoms with Gasteiger partial charge in [0.25, 0.3) is 5.91 Å². The van der Waals surface area contributed by atoms with Crippen LogP contribution in [0.15, 0.2) is 128 Å². The molecule has 0 saturated carbocycles. The highest BCUT2D eigenvalue weighted by Crippen LogP contribution is 2.38. The molecule has 294 valence electrons. The molecule has 0 unspecified atom stereocenters. The van der Waals surface area contributed by atoms with E-state index in [1.807, 2.05) is 136 Å². The summed E-state index contributed by atoms with van der Waals surface area (Å²) >= 11 is 0. The van der Waals surface area contributed by atoms with E-state index >= 15 is 0 Å². The van der Waals surface area contributed by atoms with Crippen LogP contribution in [-0.4, -0.2) is 65.9 Å². The number of carbonyl (C=O) groups excluding carboxylic acids is 2. The first-order valence-electron chi connectivity index (χ1n) is 19.1. The van der Waals surface area contributed by atoms with Crippen LogP contribution in [0.5, 0.6) is 17.2 Å². The number of amides is 3. The van der Waals surface area contributed by atoms with E-state index in [4.69, 9.17) is 14.6 Å². The van der Waals surface area contributed by atoms with Crippen molar-refractivity contribution in [2.24, 2.45) is 0 Å². The molecule has 0 fully saturated rings. The lowest BCUT2D eigenvalue weighted by Crippen LogP contribution is -2.31. The number of hydrogen-bond acceptors (Lipinski definition) is 8. The zero-order valence-corrected chi connectivity index (χ0v) is 33.2. The molecular weight excluding hydrogens is 729 g/mol. The maximum absolute atomic E-state index is 13.7. The van der Waals surface area contributed by atoms with E-state index in [2.05, 4.69) is 26.3 Å². The monoisotopic (exact) mass is 774 g/mol. The van der Waals surface area contributed by atoms with Crippen molar-refractivity contribution in [3.8, 4) is 34.2 Å². The first kappa shape index (κ1) is 39.1. The number of methoxy groups -OCH3 is 1. The molecule has 58 heavy (non-hydrogen) atoms. The minimum atomic E-state index is -0.421. The van der Waals surface area contributed by atoms with Gasteiger partial charge in [-0.3, -0.25) is 10.1 Å². The van der Waals surface area contributed by atoms with Crippen molar-refractivity contribution < 1.29 is 19.1 Å². The van der Waals surface area contributed by atoms with E-state index in [1.54, 1.807) is 36.2 Å². The van der Waals surface area contributed by atoms with Crippen molar-refractivity contribution in [1.82, 2.24) is 25.0 Å². The van der Waals surface area contributed by atoms with Gasteiger partial charge in [0, 0.05) is 52.8 Å². The Bertz CT molecular complexity index is 2550. The number of nitrogens with one attached hydrogen (secondary N) is 4. The summed E-state index contributed by atoms with van der Waals surface area (Å²) in [5, 5.41) is 18.9. The Morgan fingerprint density at radius 2 is 1.52 bits per heavy atom. The summed E-state index contributed by atoms with van der Waals surface area (Å²) in [7, 11) is 5.50. The Labute approximate surface area is 337 Å². The number of carbonyl (C=O) groups is 2. The van der Waals surface area contributed by atoms with Gasteiger partial charge in [0.1, 0.15) is 28.9 Å². The smallest absolute Gasteiger partial charge is 0.324 e. The molecule has 5 aromatic carbocycles. The van der Waals surface area contributed by atoms with Crippen molar-refractivity contribution in [3.05, 3.63) is 144 Å². The number of rotatable bonds is 14. The van der Waals surface area contributed by atoms with Crippen molar-refractivity contribution in [1.29, 1.82) is 0 Å². The molecule has 0 aliphatic rings. The molecule has 7 aromatic rings. The second-order valence-electron chi connectivity index (χ2n) is 14.0. The third kappa shape index (κ3) is 8.93. The van der Waals surface area contributed by atoms with Crippen LogP contribution in [0.1, 0.15) is 28.4 Å². The predicted molar refractivity (Wildman–Crippen MR) is 231 cm³/mol. The zero-order chi connectivity index (χ0) is 40.6. The van der Waals surface area contributed by atoms with Crippen LogP contribution in [0.4, 0.5) is 27.8 Å². The van der Waals surface area contributed by atoms with Crippen LogP contribution in [0.25, 0.3) is 27.7 Å². The largest absolute Gasteiger partial charge is 0.495 e. The van der Waals surface area contributed by atoms with Crippen molar-refractivity contribution in [2.75, 3.05) is 50.2 Å². The average Bonchev–Trinajstić information content (AvgIpc) is 3.65. The highest BCUT2D eigenvalue weighted by atomic mass is 16.5. The first-order valence-corrected chi connectivity index (χ1v) is 19.1. The Balaban J connectivity index is 1.13. The average molecular weight is 775 g/mol. The molecular formula is C46H46N8O4. The third-order valence-electron chi connectivity index (χ3n) is 9.58. The number of likely N-dealkylation sites (N-methyl/N-ethyl adjacent to an activating group) is 1. The fraction of sp³-hybridized carbons (Fsp3) is 0.174. The first-order chi connectivity index (χ1) is 28.2. The molecule has 0 atom stereocenters. The summed E-state index contributed by atoms with van der Waals surface area (Å²) in [5.74, 6) is 2.69. The highest BCUT2D eigenvalue weighted by molar-refractivity contribution is 6.07. The van der Waals surface area contributed by atoms with Crippen LogP contribution in [0.2, 0.25) is 0 Å². The van der Waals surface area contributed by atoms with Crippen LogP contribution < -0.4 is 30.7 Å². The zero-order valence-electron chi connectivity index (χ0n) is 33.2. The van der Waals surface area contributed by atoms with Gasteiger partial charge >= 0.3 is 6.03 Å². The van der Waals surface area contributed by atoms with Crippen molar-refractivity contribution in [2.45, 2.75) is 20.3 Å². The van der Waals surface area contributed by atoms with Gasteiger partial charge in [0.2, 0.25) is 0 Å². The standard InChI is InChI=1S/C46H46N8O4/c1-6-34-41(24-25-47-44(34)49-39-28-32(18-22-42(39)57-5)45(55)48-26-27-53(3)4)58-40-23-21-37(35-14-10-11-15-36(35)40)50-46(56)51-43-29-38(31-12-8-7-9-13-31)52-54(43)33-19-16-30(2)17-20-33/h7-25,28-29H,6,26-27H2,1-5H3,(H,47,49)(H,48,55)(H2,50,51,56). The normalized spacial score (nSPS) is 11.0. The number of nitrogens with zero attached hydrogens (tertiary/aromatic N) is 4. The molecule has 0 saturated heterocycles. The SMILES string of the molecule is CCc1c(Oc2ccc(NC(=O)Nc3cc(-c4ccccc4)nn3-c3ccc(C)cc3)c3ccccc23)ccnc1Nc1cc(C(=O)NCCN(C)C)ccc1OC. The molecule has 0 spiro atoms. The number of hydrogen-bond donors (Lipinski definition) is 4. The van der Waals surface area contributed by atoms with Crippen LogP contribution >= 0.6 is 0 Å². The van der Waals surface area contributed by atoms with Gasteiger partial charge in [-0.1, -0.05) is 79.2 Å². The number of aryl methyl sites for hydroxylation is 1. The molecule has 4 N–H and O–H groups in total. The van der Waals surface area contributed by atoms with E-state index in [1.165, 1.54) is 0 Å². The summed E-state index contributed by atoms with van der Waals surface area (Å²) in [6.45, 7) is 5.31. The van der Waals surface area contributed by atoms with Gasteiger partial charge in [-0.05, 0) is 76.0 Å². The third-order valence-corrected chi connectivity index (χ3v) is 9.58. The van der Waals surface area contributed by atoms with E-state index in [0.29, 0.717) is 58.8 Å². The Hall–Kier alpha value is -7.18. The lowest BCUT2D eigenvalue weighted by Gasteiger charge is -2.18. The van der Waals surface area contributed by atoms with Gasteiger partial charge in [0.05, 0.1) is 29.9 Å². The minimum absolute atomic E-state index is 0.179. The maximum Gasteiger partial charge on any atom is 0.324 e. The molecule has 7 rings (SSSR count). The van der Waals surface area contributed by atoms with E-state index < -0.39 is 6.03 Å². The molecule has 0 radical (unpaired) electrons. The second-order valence-corrected chi connectivity index (χ2v) is 14.0. The maximum atomic E-state index is 13.7. The predicted octanol–water partition coefficient (Wildman–Crippen LogP) is 9.44. The Morgan fingerprint density at radius 3 is 2.26 bits per heavy atom. The fourth-order valence-corrected chi connectivity index (χ4v) is 6.55. The molecule has 2 aromatic heterocycles. The van der Waals surface area contributed by atoms with Crippen LogP contribution in [0.3, 0.4) is 0 Å². The molecule has 0 bridgehead atoms. The number of aromatic nitrogens is 3. The van der Waals surface area contributed by atoms with Crippen LogP contribution in [0, 0.1) is 6.92 Å². The Kier molecular flexibility index (Phi) is 11.9. The second kappa shape index (κ2) is 17.7. The number of urea groups is 1. The van der Waals surface area contributed by atoms with E-state index in [0.717, 1.165) is 45.4 Å². The lowest BCUT2D eigenvalue weighted by molar-refractivity contribution is 0.0951. The van der Waals surface area contributed by atoms with Gasteiger partial charge < -0.3 is 30.3 Å². The van der Waals surface area contributed by atoms with Gasteiger partial charge in [-0.25, -0.2) is 14.5 Å². The van der Waals surface area contributed by atoms with Gasteiger partial charge in [0.15, 0.2) is 0 Å². The van der Waals surface area contributed by atoms with E-state index in [9.17, 15) is 9.59 Å². The van der Waals surface area contributed by atoms with Gasteiger partial charge in [-0.2, -0.15) is 5.10 Å². The number of benzene rings is 5. The molecule has 2 heterocycles. The summed E-state index contributed by atoms with van der Waals surface area (Å²) in [6, 6.07) is 37.8. The summed E-state index contributed by atoms with van der Waals surface area (Å²) in [4.78, 5) is 33.3. The van der Waals surface area contributed by atoms with Crippen LogP contribution in [-0.2, 0) is 6.42 Å². The van der Waals surface area contributed by atoms with Crippen molar-refractivity contribution in [3.63, 3.8) is 0 Å². The molecule has 0 aliphatic heterocycles. The minimum Gasteiger partial charge on any atom is -0.495 e. The topological polar surface area (TPSA) is 135 Å². The number of ether oxygens (including phenoxy) is 2. The fourth-order valence-electron chi connectivity index (χ4n) is 6.55.